The second-order valence-electron chi connectivity index (χ2n) is 8.63. The molecule has 0 radical (unpaired) electrons. The summed E-state index contributed by atoms with van der Waals surface area (Å²) in [5.74, 6) is 1.13. The van der Waals surface area contributed by atoms with Gasteiger partial charge in [-0.25, -0.2) is 4.98 Å². The minimum absolute atomic E-state index is 0.0560. The van der Waals surface area contributed by atoms with Crippen molar-refractivity contribution in [2.75, 3.05) is 19.8 Å². The molecule has 31 heavy (non-hydrogen) atoms. The maximum absolute atomic E-state index is 13.3. The van der Waals surface area contributed by atoms with E-state index in [1.807, 2.05) is 25.7 Å². The van der Waals surface area contributed by atoms with Crippen molar-refractivity contribution in [3.05, 3.63) is 55.9 Å². The summed E-state index contributed by atoms with van der Waals surface area (Å²) in [5, 5.41) is 0.514. The number of thiophene rings is 1. The van der Waals surface area contributed by atoms with Gasteiger partial charge in [-0.15, -0.1) is 23.1 Å². The van der Waals surface area contributed by atoms with Crippen molar-refractivity contribution in [2.45, 2.75) is 50.8 Å². The molecule has 1 fully saturated rings. The molecule has 1 aliphatic rings. The van der Waals surface area contributed by atoms with Gasteiger partial charge in [0.15, 0.2) is 0 Å². The first-order valence-corrected chi connectivity index (χ1v) is 12.1. The summed E-state index contributed by atoms with van der Waals surface area (Å²) >= 11 is 2.96. The number of nitrogens with one attached hydrogen (secondary N) is 1. The van der Waals surface area contributed by atoms with Gasteiger partial charge in [-0.05, 0) is 51.8 Å². The highest BCUT2D eigenvalue weighted by Gasteiger charge is 2.36. The molecule has 0 bridgehead atoms. The van der Waals surface area contributed by atoms with E-state index in [0.29, 0.717) is 52.0 Å². The number of amides is 1. The van der Waals surface area contributed by atoms with Gasteiger partial charge < -0.3 is 14.6 Å². The topological polar surface area (TPSA) is 75.3 Å². The summed E-state index contributed by atoms with van der Waals surface area (Å²) in [6.45, 7) is 11.6. The zero-order valence-corrected chi connectivity index (χ0v) is 20.1. The second kappa shape index (κ2) is 8.41. The average molecular weight is 458 g/mol. The number of carbonyl (C=O) groups excluding carboxylic acids is 1. The van der Waals surface area contributed by atoms with Crippen LogP contribution in [0.15, 0.2) is 27.9 Å². The molecule has 2 aromatic heterocycles. The summed E-state index contributed by atoms with van der Waals surface area (Å²) in [6, 6.07) is 6.34. The first-order valence-electron chi connectivity index (χ1n) is 10.3. The molecule has 3 heterocycles. The number of H-pyrrole nitrogens is 1. The Hall–Kier alpha value is -2.16. The van der Waals surface area contributed by atoms with Crippen molar-refractivity contribution in [3.8, 4) is 0 Å². The highest BCUT2D eigenvalue weighted by Crippen LogP contribution is 2.32. The third-order valence-corrected chi connectivity index (χ3v) is 7.98. The normalized spacial score (nSPS) is 16.1. The fourth-order valence-corrected chi connectivity index (χ4v) is 5.97. The maximum Gasteiger partial charge on any atom is 0.264 e. The summed E-state index contributed by atoms with van der Waals surface area (Å²) in [5.41, 5.74) is 2.54. The summed E-state index contributed by atoms with van der Waals surface area (Å²) in [6.07, 6.45) is 0. The van der Waals surface area contributed by atoms with E-state index in [1.165, 1.54) is 27.4 Å². The zero-order chi connectivity index (χ0) is 22.3. The number of aromatic amines is 1. The van der Waals surface area contributed by atoms with Crippen molar-refractivity contribution in [2.24, 2.45) is 0 Å². The lowest BCUT2D eigenvalue weighted by Gasteiger charge is -2.42. The number of fused-ring (bicyclic) bond motifs is 1. The largest absolute Gasteiger partial charge is 0.377 e. The number of nitrogens with zero attached hydrogens (tertiary/aromatic N) is 2. The molecule has 1 amide bonds. The van der Waals surface area contributed by atoms with Crippen LogP contribution < -0.4 is 5.56 Å². The van der Waals surface area contributed by atoms with Crippen LogP contribution in [0.1, 0.15) is 46.0 Å². The minimum Gasteiger partial charge on any atom is -0.377 e. The smallest absolute Gasteiger partial charge is 0.264 e. The Morgan fingerprint density at radius 1 is 1.32 bits per heavy atom. The van der Waals surface area contributed by atoms with E-state index >= 15 is 0 Å². The highest BCUT2D eigenvalue weighted by atomic mass is 32.2. The van der Waals surface area contributed by atoms with Gasteiger partial charge in [0.1, 0.15) is 10.7 Å². The first kappa shape index (κ1) is 22.0. The fraction of sp³-hybridized carbons (Fsp3) is 0.435. The second-order valence-corrected chi connectivity index (χ2v) is 10.6. The lowest BCUT2D eigenvalue weighted by molar-refractivity contribution is -0.0368. The Morgan fingerprint density at radius 3 is 2.84 bits per heavy atom. The first-order chi connectivity index (χ1) is 14.7. The number of hydrogen-bond acceptors (Lipinski definition) is 6. The molecule has 0 atom stereocenters. The van der Waals surface area contributed by atoms with E-state index in [2.05, 4.69) is 37.0 Å². The van der Waals surface area contributed by atoms with Crippen LogP contribution in [-0.2, 0) is 10.5 Å². The monoisotopic (exact) mass is 457 g/mol. The van der Waals surface area contributed by atoms with E-state index in [1.54, 1.807) is 11.8 Å². The van der Waals surface area contributed by atoms with Crippen LogP contribution in [0.2, 0.25) is 0 Å². The number of morpholine rings is 1. The van der Waals surface area contributed by atoms with Gasteiger partial charge in [-0.2, -0.15) is 0 Å². The van der Waals surface area contributed by atoms with Gasteiger partial charge in [0.2, 0.25) is 0 Å². The Bertz CT molecular complexity index is 1210. The highest BCUT2D eigenvalue weighted by molar-refractivity contribution is 7.98. The van der Waals surface area contributed by atoms with Crippen molar-refractivity contribution in [3.63, 3.8) is 0 Å². The molecule has 1 aromatic carbocycles. The molecule has 0 saturated carbocycles. The molecule has 0 unspecified atom stereocenters. The van der Waals surface area contributed by atoms with Gasteiger partial charge in [0, 0.05) is 11.4 Å². The van der Waals surface area contributed by atoms with Gasteiger partial charge in [-0.3, -0.25) is 9.59 Å². The molecule has 8 heteroatoms. The Balaban J connectivity index is 1.64. The number of carbonyl (C=O) groups is 1. The van der Waals surface area contributed by atoms with E-state index in [4.69, 9.17) is 9.72 Å². The SMILES string of the molecule is Cc1ccc(C)c(SCc2nc3sc(C(=O)N4CCOCC4(C)C)c(C)c3c(=O)[nH]2)c1. The van der Waals surface area contributed by atoms with E-state index in [0.717, 1.165) is 0 Å². The van der Waals surface area contributed by atoms with Crippen LogP contribution in [0.25, 0.3) is 10.2 Å². The fourth-order valence-electron chi connectivity index (χ4n) is 3.83. The van der Waals surface area contributed by atoms with Gasteiger partial charge in [0.05, 0.1) is 34.8 Å². The van der Waals surface area contributed by atoms with Crippen LogP contribution in [0.5, 0.6) is 0 Å². The molecular formula is C23H27N3O3S2. The molecule has 3 aromatic rings. The molecule has 0 spiro atoms. The van der Waals surface area contributed by atoms with Crippen molar-refractivity contribution in [1.29, 1.82) is 0 Å². The Morgan fingerprint density at radius 2 is 2.10 bits per heavy atom. The standard InChI is InChI=1S/C23H27N3O3S2/c1-13-6-7-14(2)16(10-13)30-11-17-24-20(27)18-15(3)19(31-21(18)25-17)22(28)26-8-9-29-12-23(26,4)5/h6-7,10H,8-9,11-12H2,1-5H3,(H,24,25,27). The number of benzene rings is 1. The van der Waals surface area contributed by atoms with E-state index in [9.17, 15) is 9.59 Å². The Labute approximate surface area is 190 Å². The molecule has 1 N–H and O–H groups in total. The third-order valence-electron chi connectivity index (χ3n) is 5.64. The summed E-state index contributed by atoms with van der Waals surface area (Å²) in [4.78, 5) is 38.0. The minimum atomic E-state index is -0.384. The third kappa shape index (κ3) is 4.29. The lowest BCUT2D eigenvalue weighted by Crippen LogP contribution is -2.55. The van der Waals surface area contributed by atoms with Crippen LogP contribution in [0.4, 0.5) is 0 Å². The van der Waals surface area contributed by atoms with Crippen molar-refractivity contribution >= 4 is 39.2 Å². The molecular weight excluding hydrogens is 430 g/mol. The average Bonchev–Trinajstić information content (AvgIpc) is 3.05. The van der Waals surface area contributed by atoms with Crippen molar-refractivity contribution < 1.29 is 9.53 Å². The van der Waals surface area contributed by atoms with Crippen molar-refractivity contribution in [1.82, 2.24) is 14.9 Å². The van der Waals surface area contributed by atoms with Crippen LogP contribution in [0.3, 0.4) is 0 Å². The van der Waals surface area contributed by atoms with Crippen LogP contribution in [0, 0.1) is 20.8 Å². The molecule has 1 saturated heterocycles. The van der Waals surface area contributed by atoms with Gasteiger partial charge >= 0.3 is 0 Å². The summed E-state index contributed by atoms with van der Waals surface area (Å²) in [7, 11) is 0. The number of thioether (sulfide) groups is 1. The summed E-state index contributed by atoms with van der Waals surface area (Å²) < 4.78 is 5.54. The molecule has 1 aliphatic heterocycles. The zero-order valence-electron chi connectivity index (χ0n) is 18.5. The number of aromatic nitrogens is 2. The number of ether oxygens (including phenoxy) is 1. The van der Waals surface area contributed by atoms with Crippen LogP contribution in [-0.4, -0.2) is 46.1 Å². The van der Waals surface area contributed by atoms with E-state index in [-0.39, 0.29) is 17.0 Å². The van der Waals surface area contributed by atoms with Gasteiger partial charge in [-0.1, -0.05) is 17.7 Å². The molecule has 164 valence electrons. The van der Waals surface area contributed by atoms with Gasteiger partial charge in [0.25, 0.3) is 11.5 Å². The van der Waals surface area contributed by atoms with E-state index < -0.39 is 0 Å². The lowest BCUT2D eigenvalue weighted by atomic mass is 10.0. The Kier molecular flexibility index (Phi) is 5.98. The molecule has 6 nitrogen and oxygen atoms in total. The van der Waals surface area contributed by atoms with Crippen LogP contribution >= 0.6 is 23.1 Å². The molecule has 0 aliphatic carbocycles. The predicted molar refractivity (Wildman–Crippen MR) is 126 cm³/mol. The quantitative estimate of drug-likeness (QED) is 0.586. The maximum atomic E-state index is 13.3. The predicted octanol–water partition coefficient (Wildman–Crippen LogP) is 4.45. The number of hydrogen-bond donors (Lipinski definition) is 1. The molecule has 4 rings (SSSR count). The number of aryl methyl sites for hydroxylation is 3. The number of rotatable bonds is 4.